The summed E-state index contributed by atoms with van der Waals surface area (Å²) in [5.41, 5.74) is 3.31. The van der Waals surface area contributed by atoms with Gasteiger partial charge in [-0.15, -0.1) is 5.10 Å². The lowest BCUT2D eigenvalue weighted by Crippen LogP contribution is -2.25. The highest BCUT2D eigenvalue weighted by molar-refractivity contribution is 5.76. The van der Waals surface area contributed by atoms with Crippen LogP contribution in [0.3, 0.4) is 0 Å². The lowest BCUT2D eigenvalue weighted by Gasteiger charge is -2.24. The third-order valence-corrected chi connectivity index (χ3v) is 6.78. The quantitative estimate of drug-likeness (QED) is 0.460. The maximum atomic E-state index is 6.08. The molecule has 2 fully saturated rings. The van der Waals surface area contributed by atoms with E-state index in [2.05, 4.69) is 50.0 Å². The van der Waals surface area contributed by atoms with Gasteiger partial charge in [0.25, 0.3) is 0 Å². The Kier molecular flexibility index (Phi) is 4.98. The monoisotopic (exact) mass is 443 g/mol. The molecule has 0 amide bonds. The van der Waals surface area contributed by atoms with E-state index >= 15 is 0 Å². The molecule has 3 atom stereocenters. The van der Waals surface area contributed by atoms with Gasteiger partial charge in [0, 0.05) is 24.5 Å². The van der Waals surface area contributed by atoms with Crippen molar-refractivity contribution in [2.75, 3.05) is 6.61 Å². The maximum absolute atomic E-state index is 6.08. The van der Waals surface area contributed by atoms with Crippen LogP contribution in [0, 0.1) is 20.8 Å². The van der Waals surface area contributed by atoms with E-state index in [0.717, 1.165) is 66.3 Å². The second kappa shape index (κ2) is 8.02. The Morgan fingerprint density at radius 2 is 1.85 bits per heavy atom. The molecule has 4 heterocycles. The van der Waals surface area contributed by atoms with Gasteiger partial charge in [0.05, 0.1) is 29.4 Å². The molecule has 8 heteroatoms. The molecular weight excluding hydrogens is 414 g/mol. The van der Waals surface area contributed by atoms with E-state index in [9.17, 15) is 0 Å². The number of benzene rings is 1. The first-order chi connectivity index (χ1) is 16.1. The van der Waals surface area contributed by atoms with Gasteiger partial charge >= 0.3 is 0 Å². The third-order valence-electron chi connectivity index (χ3n) is 6.78. The molecule has 33 heavy (non-hydrogen) atoms. The van der Waals surface area contributed by atoms with Crippen molar-refractivity contribution in [1.82, 2.24) is 34.3 Å². The Labute approximate surface area is 193 Å². The second-order valence-electron chi connectivity index (χ2n) is 9.32. The van der Waals surface area contributed by atoms with Gasteiger partial charge in [0.15, 0.2) is 5.82 Å². The molecule has 0 bridgehead atoms. The highest BCUT2D eigenvalue weighted by atomic mass is 16.5. The predicted molar refractivity (Wildman–Crippen MR) is 125 cm³/mol. The molecule has 1 saturated heterocycles. The highest BCUT2D eigenvalue weighted by Crippen LogP contribution is 2.54. The molecule has 3 aromatic heterocycles. The summed E-state index contributed by atoms with van der Waals surface area (Å²) < 4.78 is 10.3. The van der Waals surface area contributed by atoms with Gasteiger partial charge in [-0.1, -0.05) is 12.1 Å². The first-order valence-electron chi connectivity index (χ1n) is 11.9. The fraction of sp³-hybridized carbons (Fsp3) is 0.480. The van der Waals surface area contributed by atoms with Crippen LogP contribution in [0.2, 0.25) is 0 Å². The number of fused-ring (bicyclic) bond motifs is 1. The zero-order valence-corrected chi connectivity index (χ0v) is 19.4. The molecular formula is C25H29N7O. The van der Waals surface area contributed by atoms with Crippen molar-refractivity contribution in [3.63, 3.8) is 0 Å². The summed E-state index contributed by atoms with van der Waals surface area (Å²) in [7, 11) is 0. The summed E-state index contributed by atoms with van der Waals surface area (Å²) in [6.07, 6.45) is 4.83. The minimum absolute atomic E-state index is 0.263. The maximum Gasteiger partial charge on any atom is 0.159 e. The SMILES string of the molecule is Cc1nc(C2CC2c2nc3ccccc3n2CC2CCCCO2)cc(-n2nc(C)nc2C)n1. The van der Waals surface area contributed by atoms with Crippen LogP contribution in [-0.2, 0) is 11.3 Å². The zero-order valence-electron chi connectivity index (χ0n) is 19.4. The van der Waals surface area contributed by atoms with Gasteiger partial charge in [0.2, 0.25) is 0 Å². The first kappa shape index (κ1) is 20.5. The fourth-order valence-electron chi connectivity index (χ4n) is 5.14. The van der Waals surface area contributed by atoms with Crippen LogP contribution in [0.15, 0.2) is 30.3 Å². The van der Waals surface area contributed by atoms with Crippen molar-refractivity contribution in [3.05, 3.63) is 59.3 Å². The van der Waals surface area contributed by atoms with E-state index in [1.54, 1.807) is 4.68 Å². The molecule has 170 valence electrons. The van der Waals surface area contributed by atoms with Crippen LogP contribution >= 0.6 is 0 Å². The van der Waals surface area contributed by atoms with Crippen LogP contribution < -0.4 is 0 Å². The Morgan fingerprint density at radius 3 is 2.64 bits per heavy atom. The van der Waals surface area contributed by atoms with Gasteiger partial charge in [0.1, 0.15) is 23.3 Å². The molecule has 1 aromatic carbocycles. The summed E-state index contributed by atoms with van der Waals surface area (Å²) in [5.74, 6) is 4.95. The van der Waals surface area contributed by atoms with Crippen LogP contribution in [0.1, 0.15) is 66.5 Å². The summed E-state index contributed by atoms with van der Waals surface area (Å²) in [6, 6.07) is 10.5. The largest absolute Gasteiger partial charge is 0.376 e. The number of hydrogen-bond donors (Lipinski definition) is 0. The predicted octanol–water partition coefficient (Wildman–Crippen LogP) is 4.17. The van der Waals surface area contributed by atoms with Crippen LogP contribution in [0.5, 0.6) is 0 Å². The normalized spacial score (nSPS) is 22.7. The molecule has 1 aliphatic heterocycles. The van der Waals surface area contributed by atoms with Gasteiger partial charge in [-0.2, -0.15) is 4.68 Å². The Morgan fingerprint density at radius 1 is 0.970 bits per heavy atom. The molecule has 1 aliphatic carbocycles. The molecule has 6 rings (SSSR count). The van der Waals surface area contributed by atoms with Crippen LogP contribution in [0.25, 0.3) is 16.9 Å². The topological polar surface area (TPSA) is 83.5 Å². The van der Waals surface area contributed by atoms with Gasteiger partial charge in [-0.3, -0.25) is 0 Å². The number of aromatic nitrogens is 7. The second-order valence-corrected chi connectivity index (χ2v) is 9.32. The summed E-state index contributed by atoms with van der Waals surface area (Å²) in [4.78, 5) is 18.9. The Bertz CT molecular complexity index is 1320. The van der Waals surface area contributed by atoms with Crippen molar-refractivity contribution < 1.29 is 4.74 Å². The number of imidazole rings is 1. The van der Waals surface area contributed by atoms with Crippen LogP contribution in [0.4, 0.5) is 0 Å². The van der Waals surface area contributed by atoms with E-state index in [0.29, 0.717) is 11.8 Å². The van der Waals surface area contributed by atoms with E-state index in [-0.39, 0.29) is 6.10 Å². The molecule has 0 N–H and O–H groups in total. The average molecular weight is 444 g/mol. The number of para-hydroxylation sites is 2. The molecule has 8 nitrogen and oxygen atoms in total. The van der Waals surface area contributed by atoms with Crippen LogP contribution in [-0.4, -0.2) is 47.0 Å². The Hall–Kier alpha value is -3.13. The number of ether oxygens (including phenoxy) is 1. The molecule has 1 saturated carbocycles. The van der Waals surface area contributed by atoms with Gasteiger partial charge < -0.3 is 9.30 Å². The average Bonchev–Trinajstić information content (AvgIpc) is 3.43. The zero-order chi connectivity index (χ0) is 22.5. The van der Waals surface area contributed by atoms with Crippen molar-refractivity contribution >= 4 is 11.0 Å². The molecule has 0 radical (unpaired) electrons. The lowest BCUT2D eigenvalue weighted by atomic mass is 10.1. The highest BCUT2D eigenvalue weighted by Gasteiger charge is 2.44. The lowest BCUT2D eigenvalue weighted by molar-refractivity contribution is 0.00618. The van der Waals surface area contributed by atoms with Gasteiger partial charge in [-0.25, -0.2) is 19.9 Å². The molecule has 0 spiro atoms. The smallest absolute Gasteiger partial charge is 0.159 e. The number of nitrogens with zero attached hydrogens (tertiary/aromatic N) is 7. The fourth-order valence-corrected chi connectivity index (χ4v) is 5.14. The minimum Gasteiger partial charge on any atom is -0.376 e. The van der Waals surface area contributed by atoms with E-state index in [4.69, 9.17) is 14.7 Å². The van der Waals surface area contributed by atoms with E-state index in [1.165, 1.54) is 18.4 Å². The number of hydrogen-bond acceptors (Lipinski definition) is 6. The van der Waals surface area contributed by atoms with Crippen molar-refractivity contribution in [1.29, 1.82) is 0 Å². The van der Waals surface area contributed by atoms with Crippen molar-refractivity contribution in [2.45, 2.75) is 70.9 Å². The number of rotatable bonds is 5. The van der Waals surface area contributed by atoms with Gasteiger partial charge in [-0.05, 0) is 58.6 Å². The van der Waals surface area contributed by atoms with E-state index in [1.807, 2.05) is 20.8 Å². The summed E-state index contributed by atoms with van der Waals surface area (Å²) >= 11 is 0. The summed E-state index contributed by atoms with van der Waals surface area (Å²) in [5, 5.41) is 4.51. The minimum atomic E-state index is 0.263. The first-order valence-corrected chi connectivity index (χ1v) is 11.9. The standard InChI is InChI=1S/C25H29N7O/c1-15-27-22(13-24(28-15)32-17(3)26-16(2)30-32)19-12-20(19)25-29-21-9-4-5-10-23(21)31(25)14-18-8-6-7-11-33-18/h4-5,9-10,13,18-20H,6-8,11-12,14H2,1-3H3. The molecule has 3 unspecified atom stereocenters. The van der Waals surface area contributed by atoms with Crippen molar-refractivity contribution in [3.8, 4) is 5.82 Å². The van der Waals surface area contributed by atoms with Crippen molar-refractivity contribution in [2.24, 2.45) is 0 Å². The van der Waals surface area contributed by atoms with E-state index < -0.39 is 0 Å². The number of aryl methyl sites for hydroxylation is 3. The third kappa shape index (κ3) is 3.82. The Balaban J connectivity index is 1.34. The molecule has 4 aromatic rings. The summed E-state index contributed by atoms with van der Waals surface area (Å²) in [6.45, 7) is 7.52. The molecule has 2 aliphatic rings.